The van der Waals surface area contributed by atoms with E-state index in [1.165, 1.54) is 0 Å². The molecule has 1 aliphatic heterocycles. The van der Waals surface area contributed by atoms with Crippen molar-refractivity contribution in [2.75, 3.05) is 13.2 Å². The van der Waals surface area contributed by atoms with Gasteiger partial charge in [-0.15, -0.1) is 0 Å². The van der Waals surface area contributed by atoms with Gasteiger partial charge in [0.2, 0.25) is 0 Å². The van der Waals surface area contributed by atoms with Crippen LogP contribution in [0.2, 0.25) is 0 Å². The van der Waals surface area contributed by atoms with Crippen LogP contribution in [0.15, 0.2) is 40.2 Å². The summed E-state index contributed by atoms with van der Waals surface area (Å²) in [6, 6.07) is 5.64. The van der Waals surface area contributed by atoms with Crippen molar-refractivity contribution in [3.8, 4) is 16.9 Å². The van der Waals surface area contributed by atoms with Crippen LogP contribution in [-0.2, 0) is 11.8 Å². The molecule has 1 unspecified atom stereocenters. The SMILES string of the molecule is Cn1cc(-c2ccc3[nH]c(=O)[nH]c3c2OC2CCCOC2)c2cc[nH]c2c1=O. The molecule has 0 aliphatic carbocycles. The van der Waals surface area contributed by atoms with Crippen molar-refractivity contribution in [2.45, 2.75) is 18.9 Å². The number of hydrogen-bond acceptors (Lipinski definition) is 4. The number of pyridine rings is 1. The zero-order valence-corrected chi connectivity index (χ0v) is 15.4. The average molecular weight is 380 g/mol. The normalized spacial score (nSPS) is 17.4. The Labute approximate surface area is 159 Å². The molecule has 0 amide bonds. The molecule has 0 radical (unpaired) electrons. The van der Waals surface area contributed by atoms with Gasteiger partial charge in [-0.1, -0.05) is 0 Å². The summed E-state index contributed by atoms with van der Waals surface area (Å²) >= 11 is 0. The maximum Gasteiger partial charge on any atom is 0.323 e. The summed E-state index contributed by atoms with van der Waals surface area (Å²) in [4.78, 5) is 33.0. The van der Waals surface area contributed by atoms with Crippen LogP contribution in [0.5, 0.6) is 5.75 Å². The van der Waals surface area contributed by atoms with Crippen LogP contribution in [0.4, 0.5) is 0 Å². The predicted molar refractivity (Wildman–Crippen MR) is 106 cm³/mol. The highest BCUT2D eigenvalue weighted by Gasteiger charge is 2.22. The molecule has 1 aliphatic rings. The third-order valence-corrected chi connectivity index (χ3v) is 5.23. The molecule has 4 aromatic rings. The van der Waals surface area contributed by atoms with E-state index in [0.29, 0.717) is 28.9 Å². The number of aromatic amines is 3. The zero-order chi connectivity index (χ0) is 19.3. The molecule has 144 valence electrons. The van der Waals surface area contributed by atoms with Crippen molar-refractivity contribution in [3.05, 3.63) is 51.4 Å². The molecule has 0 spiro atoms. The van der Waals surface area contributed by atoms with Crippen molar-refractivity contribution >= 4 is 21.9 Å². The Morgan fingerprint density at radius 2 is 2.04 bits per heavy atom. The van der Waals surface area contributed by atoms with Gasteiger partial charge in [0.1, 0.15) is 17.1 Å². The molecule has 0 saturated carbocycles. The molecule has 8 nitrogen and oxygen atoms in total. The molecular weight excluding hydrogens is 360 g/mol. The highest BCUT2D eigenvalue weighted by Crippen LogP contribution is 2.38. The number of aryl methyl sites for hydroxylation is 1. The Morgan fingerprint density at radius 1 is 1.14 bits per heavy atom. The summed E-state index contributed by atoms with van der Waals surface area (Å²) in [6.07, 6.45) is 5.28. The van der Waals surface area contributed by atoms with E-state index in [2.05, 4.69) is 15.0 Å². The van der Waals surface area contributed by atoms with Gasteiger partial charge >= 0.3 is 5.69 Å². The molecule has 5 rings (SSSR count). The first-order valence-corrected chi connectivity index (χ1v) is 9.28. The Hall–Kier alpha value is -3.26. The molecule has 3 N–H and O–H groups in total. The topological polar surface area (TPSA) is 105 Å². The fraction of sp³-hybridized carbons (Fsp3) is 0.300. The lowest BCUT2D eigenvalue weighted by molar-refractivity contribution is 0.00825. The number of H-pyrrole nitrogens is 3. The van der Waals surface area contributed by atoms with E-state index in [4.69, 9.17) is 9.47 Å². The minimum absolute atomic E-state index is 0.0919. The van der Waals surface area contributed by atoms with E-state index in [1.54, 1.807) is 24.0 Å². The van der Waals surface area contributed by atoms with Crippen molar-refractivity contribution in [1.29, 1.82) is 0 Å². The van der Waals surface area contributed by atoms with Gasteiger partial charge < -0.3 is 29.0 Å². The zero-order valence-electron chi connectivity index (χ0n) is 15.4. The van der Waals surface area contributed by atoms with Crippen LogP contribution in [0.25, 0.3) is 33.1 Å². The molecule has 1 atom stereocenters. The molecule has 28 heavy (non-hydrogen) atoms. The van der Waals surface area contributed by atoms with Crippen molar-refractivity contribution < 1.29 is 9.47 Å². The number of ether oxygens (including phenoxy) is 2. The minimum Gasteiger partial charge on any atom is -0.485 e. The molecule has 1 saturated heterocycles. The maximum absolute atomic E-state index is 12.4. The first-order chi connectivity index (χ1) is 13.6. The molecule has 8 heteroatoms. The standard InChI is InChI=1S/C20H20N4O4/c1-24-9-14(12-6-7-21-16(12)19(24)25)13-4-5-15-17(23-20(26)22-15)18(13)28-11-3-2-8-27-10-11/h4-7,9,11,21H,2-3,8,10H2,1H3,(H2,22,23,26). The second-order valence-corrected chi connectivity index (χ2v) is 7.13. The summed E-state index contributed by atoms with van der Waals surface area (Å²) in [5.74, 6) is 0.590. The van der Waals surface area contributed by atoms with E-state index in [9.17, 15) is 9.59 Å². The summed E-state index contributed by atoms with van der Waals surface area (Å²) < 4.78 is 13.5. The second kappa shape index (κ2) is 6.42. The monoisotopic (exact) mass is 380 g/mol. The number of rotatable bonds is 3. The van der Waals surface area contributed by atoms with Gasteiger partial charge in [0.05, 0.1) is 12.1 Å². The Kier molecular flexibility index (Phi) is 3.87. The smallest absolute Gasteiger partial charge is 0.323 e. The Balaban J connectivity index is 1.76. The molecule has 1 fully saturated rings. The number of fused-ring (bicyclic) bond motifs is 2. The van der Waals surface area contributed by atoms with Gasteiger partial charge in [-0.05, 0) is 31.0 Å². The van der Waals surface area contributed by atoms with Gasteiger partial charge in [0.25, 0.3) is 5.56 Å². The maximum atomic E-state index is 12.4. The quantitative estimate of drug-likeness (QED) is 0.507. The third-order valence-electron chi connectivity index (χ3n) is 5.23. The van der Waals surface area contributed by atoms with Crippen molar-refractivity contribution in [3.63, 3.8) is 0 Å². The van der Waals surface area contributed by atoms with Crippen LogP contribution in [0.1, 0.15) is 12.8 Å². The van der Waals surface area contributed by atoms with Crippen LogP contribution in [0, 0.1) is 0 Å². The van der Waals surface area contributed by atoms with Gasteiger partial charge in [-0.3, -0.25) is 4.79 Å². The van der Waals surface area contributed by atoms with Crippen LogP contribution in [-0.4, -0.2) is 38.8 Å². The van der Waals surface area contributed by atoms with Crippen molar-refractivity contribution in [1.82, 2.24) is 19.5 Å². The largest absolute Gasteiger partial charge is 0.485 e. The molecule has 1 aromatic carbocycles. The Morgan fingerprint density at radius 3 is 2.86 bits per heavy atom. The molecule has 3 aromatic heterocycles. The van der Waals surface area contributed by atoms with E-state index < -0.39 is 0 Å². The van der Waals surface area contributed by atoms with E-state index in [1.807, 2.05) is 18.2 Å². The second-order valence-electron chi connectivity index (χ2n) is 7.13. The number of benzene rings is 1. The number of nitrogens with zero attached hydrogens (tertiary/aromatic N) is 1. The van der Waals surface area contributed by atoms with Crippen LogP contribution >= 0.6 is 0 Å². The van der Waals surface area contributed by atoms with Gasteiger partial charge in [0, 0.05) is 42.6 Å². The summed E-state index contributed by atoms with van der Waals surface area (Å²) in [6.45, 7) is 1.25. The molecule has 0 bridgehead atoms. The van der Waals surface area contributed by atoms with E-state index in [-0.39, 0.29) is 17.4 Å². The molecular formula is C20H20N4O4. The van der Waals surface area contributed by atoms with E-state index >= 15 is 0 Å². The lowest BCUT2D eigenvalue weighted by Gasteiger charge is -2.25. The number of nitrogens with one attached hydrogen (secondary N) is 3. The van der Waals surface area contributed by atoms with Gasteiger partial charge in [-0.2, -0.15) is 0 Å². The van der Waals surface area contributed by atoms with Crippen LogP contribution in [0.3, 0.4) is 0 Å². The first-order valence-electron chi connectivity index (χ1n) is 9.28. The van der Waals surface area contributed by atoms with Gasteiger partial charge in [-0.25, -0.2) is 4.79 Å². The number of aromatic nitrogens is 4. The van der Waals surface area contributed by atoms with Crippen molar-refractivity contribution in [2.24, 2.45) is 7.05 Å². The summed E-state index contributed by atoms with van der Waals surface area (Å²) in [7, 11) is 1.72. The lowest BCUT2D eigenvalue weighted by atomic mass is 10.0. The minimum atomic E-state index is -0.288. The fourth-order valence-corrected chi connectivity index (χ4v) is 3.87. The fourth-order valence-electron chi connectivity index (χ4n) is 3.87. The number of hydrogen-bond donors (Lipinski definition) is 3. The first kappa shape index (κ1) is 16.9. The Bertz CT molecular complexity index is 1290. The van der Waals surface area contributed by atoms with Gasteiger partial charge in [0.15, 0.2) is 5.75 Å². The van der Waals surface area contributed by atoms with Crippen LogP contribution < -0.4 is 16.0 Å². The lowest BCUT2D eigenvalue weighted by Crippen LogP contribution is -2.28. The molecule has 4 heterocycles. The average Bonchev–Trinajstić information content (AvgIpc) is 3.32. The summed E-state index contributed by atoms with van der Waals surface area (Å²) in [5.41, 5.74) is 3.12. The predicted octanol–water partition coefficient (Wildman–Crippen LogP) is 2.26. The number of imidazole rings is 1. The third kappa shape index (κ3) is 2.65. The highest BCUT2D eigenvalue weighted by molar-refractivity contribution is 6.00. The van der Waals surface area contributed by atoms with E-state index in [0.717, 1.165) is 36.0 Å². The summed E-state index contributed by atoms with van der Waals surface area (Å²) in [5, 5.41) is 0.810. The highest BCUT2D eigenvalue weighted by atomic mass is 16.5.